The molecule has 0 aromatic heterocycles. The number of nitrogens with one attached hydrogen (secondary N) is 1. The van der Waals surface area contributed by atoms with Crippen molar-refractivity contribution in [2.75, 3.05) is 19.8 Å². The van der Waals surface area contributed by atoms with Crippen LogP contribution in [0.5, 0.6) is 11.5 Å². The molecule has 0 bridgehead atoms. The van der Waals surface area contributed by atoms with Crippen molar-refractivity contribution in [3.05, 3.63) is 59.4 Å². The molecule has 24 heavy (non-hydrogen) atoms. The Morgan fingerprint density at radius 1 is 1.12 bits per heavy atom. The number of halogens is 1. The van der Waals surface area contributed by atoms with Gasteiger partial charge >= 0.3 is 0 Å². The van der Waals surface area contributed by atoms with E-state index in [1.54, 1.807) is 12.1 Å². The Balaban J connectivity index is 1.72. The fourth-order valence-electron chi connectivity index (χ4n) is 2.61. The Morgan fingerprint density at radius 2 is 1.83 bits per heavy atom. The molecule has 0 spiro atoms. The molecule has 5 heteroatoms. The summed E-state index contributed by atoms with van der Waals surface area (Å²) in [6.45, 7) is 5.48. The number of benzene rings is 2. The molecule has 1 amide bonds. The van der Waals surface area contributed by atoms with Gasteiger partial charge in [-0.25, -0.2) is 4.39 Å². The lowest BCUT2D eigenvalue weighted by Crippen LogP contribution is -2.37. The van der Waals surface area contributed by atoms with Crippen molar-refractivity contribution in [3.63, 3.8) is 0 Å². The van der Waals surface area contributed by atoms with E-state index in [-0.39, 0.29) is 11.0 Å². The highest BCUT2D eigenvalue weighted by Gasteiger charge is 2.24. The van der Waals surface area contributed by atoms with Crippen LogP contribution in [0.2, 0.25) is 0 Å². The molecule has 4 nitrogen and oxygen atoms in total. The Labute approximate surface area is 140 Å². The molecular weight excluding hydrogens is 309 g/mol. The molecule has 2 aromatic rings. The number of carbonyl (C=O) groups excluding carboxylic acids is 1. The second-order valence-electron chi connectivity index (χ2n) is 6.40. The van der Waals surface area contributed by atoms with Crippen molar-refractivity contribution in [2.45, 2.75) is 19.3 Å². The molecule has 1 heterocycles. The van der Waals surface area contributed by atoms with Crippen molar-refractivity contribution in [1.82, 2.24) is 5.32 Å². The van der Waals surface area contributed by atoms with Crippen LogP contribution < -0.4 is 14.8 Å². The lowest BCUT2D eigenvalue weighted by molar-refractivity contribution is 0.0941. The summed E-state index contributed by atoms with van der Waals surface area (Å²) < 4.78 is 24.8. The second kappa shape index (κ2) is 6.51. The minimum absolute atomic E-state index is 0.0514. The predicted molar refractivity (Wildman–Crippen MR) is 89.2 cm³/mol. The van der Waals surface area contributed by atoms with Gasteiger partial charge < -0.3 is 14.8 Å². The number of ether oxygens (including phenoxy) is 2. The zero-order chi connectivity index (χ0) is 17.2. The lowest BCUT2D eigenvalue weighted by atomic mass is 9.84. The zero-order valence-electron chi connectivity index (χ0n) is 13.8. The molecule has 0 saturated carbocycles. The van der Waals surface area contributed by atoms with Crippen molar-refractivity contribution in [3.8, 4) is 11.5 Å². The molecule has 0 aliphatic carbocycles. The first-order valence-electron chi connectivity index (χ1n) is 7.90. The van der Waals surface area contributed by atoms with Crippen molar-refractivity contribution in [1.29, 1.82) is 0 Å². The summed E-state index contributed by atoms with van der Waals surface area (Å²) in [7, 11) is 0. The van der Waals surface area contributed by atoms with E-state index in [1.165, 1.54) is 12.1 Å². The zero-order valence-corrected chi connectivity index (χ0v) is 13.8. The van der Waals surface area contributed by atoms with Crippen LogP contribution in [-0.2, 0) is 5.41 Å². The van der Waals surface area contributed by atoms with E-state index in [9.17, 15) is 9.18 Å². The summed E-state index contributed by atoms with van der Waals surface area (Å²) in [6.07, 6.45) is 0. The molecule has 1 aliphatic rings. The summed E-state index contributed by atoms with van der Waals surface area (Å²) in [5.74, 6) is 0.509. The molecule has 2 aromatic carbocycles. The van der Waals surface area contributed by atoms with Crippen LogP contribution >= 0.6 is 0 Å². The van der Waals surface area contributed by atoms with Gasteiger partial charge in [-0.3, -0.25) is 4.79 Å². The van der Waals surface area contributed by atoms with Crippen LogP contribution in [0.4, 0.5) is 4.39 Å². The van der Waals surface area contributed by atoms with Crippen LogP contribution in [0.1, 0.15) is 29.8 Å². The smallest absolute Gasteiger partial charge is 0.254 e. The lowest BCUT2D eigenvalue weighted by Gasteiger charge is -2.28. The van der Waals surface area contributed by atoms with Gasteiger partial charge in [-0.1, -0.05) is 32.0 Å². The number of carbonyl (C=O) groups is 1. The molecule has 0 radical (unpaired) electrons. The normalized spacial score (nSPS) is 13.5. The molecule has 1 aliphatic heterocycles. The van der Waals surface area contributed by atoms with Gasteiger partial charge in [0.15, 0.2) is 11.5 Å². The molecule has 1 N–H and O–H groups in total. The van der Waals surface area contributed by atoms with Gasteiger partial charge in [0.2, 0.25) is 0 Å². The second-order valence-corrected chi connectivity index (χ2v) is 6.40. The van der Waals surface area contributed by atoms with E-state index < -0.39 is 11.7 Å². The number of rotatable bonds is 4. The third kappa shape index (κ3) is 3.35. The van der Waals surface area contributed by atoms with Crippen LogP contribution in [0.3, 0.4) is 0 Å². The highest BCUT2D eigenvalue weighted by atomic mass is 19.1. The van der Waals surface area contributed by atoms with Crippen LogP contribution in [-0.4, -0.2) is 25.7 Å². The molecule has 0 fully saturated rings. The minimum atomic E-state index is -0.521. The third-order valence-electron chi connectivity index (χ3n) is 4.13. The van der Waals surface area contributed by atoms with Gasteiger partial charge in [0.25, 0.3) is 5.91 Å². The van der Waals surface area contributed by atoms with Crippen LogP contribution in [0.25, 0.3) is 0 Å². The largest absolute Gasteiger partial charge is 0.486 e. The number of fused-ring (bicyclic) bond motifs is 1. The number of hydrogen-bond donors (Lipinski definition) is 1. The Morgan fingerprint density at radius 3 is 2.58 bits per heavy atom. The first-order valence-corrected chi connectivity index (χ1v) is 7.90. The summed E-state index contributed by atoms with van der Waals surface area (Å²) in [4.78, 5) is 12.2. The van der Waals surface area contributed by atoms with Gasteiger partial charge in [0.1, 0.15) is 19.0 Å². The maximum Gasteiger partial charge on any atom is 0.254 e. The van der Waals surface area contributed by atoms with Crippen LogP contribution in [0.15, 0.2) is 42.5 Å². The maximum absolute atomic E-state index is 13.7. The van der Waals surface area contributed by atoms with E-state index in [1.807, 2.05) is 32.0 Å². The third-order valence-corrected chi connectivity index (χ3v) is 4.13. The average Bonchev–Trinajstić information content (AvgIpc) is 2.60. The number of amides is 1. The fraction of sp³-hybridized carbons (Fsp3) is 0.316. The highest BCUT2D eigenvalue weighted by molar-refractivity contribution is 5.94. The summed E-state index contributed by atoms with van der Waals surface area (Å²) >= 11 is 0. The van der Waals surface area contributed by atoms with Crippen molar-refractivity contribution < 1.29 is 18.7 Å². The van der Waals surface area contributed by atoms with E-state index in [4.69, 9.17) is 9.47 Å². The fourth-order valence-corrected chi connectivity index (χ4v) is 2.61. The quantitative estimate of drug-likeness (QED) is 0.936. The Bertz CT molecular complexity index is 758. The predicted octanol–water partition coefficient (Wildman–Crippen LogP) is 3.30. The monoisotopic (exact) mass is 329 g/mol. The average molecular weight is 329 g/mol. The molecular formula is C19H20FNO3. The van der Waals surface area contributed by atoms with E-state index in [2.05, 4.69) is 5.32 Å². The van der Waals surface area contributed by atoms with Crippen LogP contribution in [0, 0.1) is 5.82 Å². The van der Waals surface area contributed by atoms with E-state index in [0.717, 1.165) is 11.3 Å². The maximum atomic E-state index is 13.7. The molecule has 0 atom stereocenters. The first-order chi connectivity index (χ1) is 11.5. The number of hydrogen-bond acceptors (Lipinski definition) is 3. The van der Waals surface area contributed by atoms with Gasteiger partial charge in [0, 0.05) is 12.0 Å². The highest BCUT2D eigenvalue weighted by Crippen LogP contribution is 2.34. The molecule has 3 rings (SSSR count). The standard InChI is InChI=1S/C19H20FNO3/c1-19(2,12-21-18(22)14-5-3-4-6-15(14)20)13-7-8-16-17(11-13)24-10-9-23-16/h3-8,11H,9-10,12H2,1-2H3,(H,21,22). The van der Waals surface area contributed by atoms with Gasteiger partial charge in [-0.05, 0) is 29.8 Å². The first kappa shape index (κ1) is 16.3. The summed E-state index contributed by atoms with van der Waals surface area (Å²) in [6, 6.07) is 11.7. The molecule has 0 unspecified atom stereocenters. The topological polar surface area (TPSA) is 47.6 Å². The SMILES string of the molecule is CC(C)(CNC(=O)c1ccccc1F)c1ccc2c(c1)OCCO2. The Kier molecular flexibility index (Phi) is 4.42. The summed E-state index contributed by atoms with van der Waals surface area (Å²) in [5.41, 5.74) is 0.729. The van der Waals surface area contributed by atoms with Gasteiger partial charge in [0.05, 0.1) is 5.56 Å². The molecule has 0 saturated heterocycles. The van der Waals surface area contributed by atoms with E-state index in [0.29, 0.717) is 25.5 Å². The minimum Gasteiger partial charge on any atom is -0.486 e. The van der Waals surface area contributed by atoms with Gasteiger partial charge in [-0.15, -0.1) is 0 Å². The van der Waals surface area contributed by atoms with E-state index >= 15 is 0 Å². The Hall–Kier alpha value is -2.56. The van der Waals surface area contributed by atoms with Crippen molar-refractivity contribution in [2.24, 2.45) is 0 Å². The summed E-state index contributed by atoms with van der Waals surface area (Å²) in [5, 5.41) is 2.81. The molecule has 126 valence electrons. The van der Waals surface area contributed by atoms with Gasteiger partial charge in [-0.2, -0.15) is 0 Å². The van der Waals surface area contributed by atoms with Crippen molar-refractivity contribution >= 4 is 5.91 Å².